The smallest absolute Gasteiger partial charge is 0.303 e. The molecular weight excluding hydrogens is 328 g/mol. The Kier molecular flexibility index (Phi) is 7.21. The Hall–Kier alpha value is -1.88. The second-order valence-electron chi connectivity index (χ2n) is 8.06. The van der Waals surface area contributed by atoms with Crippen LogP contribution in [0.1, 0.15) is 49.0 Å². The molecule has 5 nitrogen and oxygen atoms in total. The van der Waals surface area contributed by atoms with Crippen LogP contribution in [-0.2, 0) is 11.2 Å². The minimum absolute atomic E-state index is 0.0543. The van der Waals surface area contributed by atoms with Crippen molar-refractivity contribution in [3.63, 3.8) is 0 Å². The van der Waals surface area contributed by atoms with Crippen molar-refractivity contribution in [2.24, 2.45) is 11.8 Å². The molecule has 1 amide bonds. The van der Waals surface area contributed by atoms with Gasteiger partial charge in [-0.1, -0.05) is 26.0 Å². The monoisotopic (exact) mass is 360 g/mol. The summed E-state index contributed by atoms with van der Waals surface area (Å²) in [5.74, 6) is 0.0703. The third-order valence-electron chi connectivity index (χ3n) is 5.22. The van der Waals surface area contributed by atoms with Gasteiger partial charge in [-0.2, -0.15) is 0 Å². The summed E-state index contributed by atoms with van der Waals surface area (Å²) in [6, 6.07) is 8.25. The molecule has 1 heterocycles. The standard InChI is InChI=1S/C21H32N2O3/c1-15(2)13-16-5-7-17(8-6-16)21(26)23-12-11-19(22(3)4)18(14-23)9-10-20(24)25/h5-8,15,18-19H,9-14H2,1-4H3,(H,24,25). The van der Waals surface area contributed by atoms with E-state index < -0.39 is 5.97 Å². The number of amides is 1. The fourth-order valence-corrected chi connectivity index (χ4v) is 3.91. The maximum absolute atomic E-state index is 12.9. The van der Waals surface area contributed by atoms with Gasteiger partial charge in [0, 0.05) is 31.1 Å². The maximum atomic E-state index is 12.9. The van der Waals surface area contributed by atoms with Gasteiger partial charge in [0.15, 0.2) is 0 Å². The number of hydrogen-bond donors (Lipinski definition) is 1. The summed E-state index contributed by atoms with van der Waals surface area (Å²) in [6.07, 6.45) is 2.66. The van der Waals surface area contributed by atoms with Gasteiger partial charge in [-0.3, -0.25) is 9.59 Å². The Morgan fingerprint density at radius 1 is 1.23 bits per heavy atom. The number of carbonyl (C=O) groups excluding carboxylic acids is 1. The van der Waals surface area contributed by atoms with Crippen LogP contribution in [0.25, 0.3) is 0 Å². The van der Waals surface area contributed by atoms with Gasteiger partial charge in [-0.05, 0) is 62.9 Å². The number of carboxylic acid groups (broad SMARTS) is 1. The number of benzene rings is 1. The molecule has 1 aliphatic heterocycles. The summed E-state index contributed by atoms with van der Waals surface area (Å²) >= 11 is 0. The highest BCUT2D eigenvalue weighted by molar-refractivity contribution is 5.94. The van der Waals surface area contributed by atoms with Crippen molar-refractivity contribution in [1.82, 2.24) is 9.80 Å². The van der Waals surface area contributed by atoms with Crippen molar-refractivity contribution in [3.05, 3.63) is 35.4 Å². The van der Waals surface area contributed by atoms with E-state index in [4.69, 9.17) is 5.11 Å². The van der Waals surface area contributed by atoms with E-state index in [-0.39, 0.29) is 18.2 Å². The first-order valence-corrected chi connectivity index (χ1v) is 9.54. The van der Waals surface area contributed by atoms with Crippen LogP contribution in [0.5, 0.6) is 0 Å². The molecule has 2 atom stereocenters. The van der Waals surface area contributed by atoms with Crippen LogP contribution in [0.4, 0.5) is 0 Å². The Bertz CT molecular complexity index is 610. The maximum Gasteiger partial charge on any atom is 0.303 e. The Labute approximate surface area is 157 Å². The molecular formula is C21H32N2O3. The van der Waals surface area contributed by atoms with Crippen LogP contribution in [-0.4, -0.2) is 60.0 Å². The van der Waals surface area contributed by atoms with Gasteiger partial charge in [0.25, 0.3) is 5.91 Å². The Morgan fingerprint density at radius 2 is 1.88 bits per heavy atom. The summed E-state index contributed by atoms with van der Waals surface area (Å²) in [4.78, 5) is 27.9. The molecule has 1 fully saturated rings. The normalized spacial score (nSPS) is 20.6. The molecule has 144 valence electrons. The van der Waals surface area contributed by atoms with Crippen molar-refractivity contribution >= 4 is 11.9 Å². The molecule has 0 saturated carbocycles. The number of aliphatic carboxylic acids is 1. The van der Waals surface area contributed by atoms with Crippen LogP contribution in [0.2, 0.25) is 0 Å². The number of carbonyl (C=O) groups is 2. The van der Waals surface area contributed by atoms with Crippen LogP contribution in [0.3, 0.4) is 0 Å². The molecule has 0 bridgehead atoms. The van der Waals surface area contributed by atoms with E-state index in [9.17, 15) is 9.59 Å². The third-order valence-corrected chi connectivity index (χ3v) is 5.22. The SMILES string of the molecule is CC(C)Cc1ccc(C(=O)N2CCC(N(C)C)C(CCC(=O)O)C2)cc1. The number of nitrogens with zero attached hydrogens (tertiary/aromatic N) is 2. The van der Waals surface area contributed by atoms with E-state index in [0.29, 0.717) is 24.9 Å². The van der Waals surface area contributed by atoms with Crippen molar-refractivity contribution in [3.8, 4) is 0 Å². The lowest BCUT2D eigenvalue weighted by molar-refractivity contribution is -0.137. The Morgan fingerprint density at radius 3 is 2.42 bits per heavy atom. The van der Waals surface area contributed by atoms with Crippen LogP contribution < -0.4 is 0 Å². The summed E-state index contributed by atoms with van der Waals surface area (Å²) < 4.78 is 0. The van der Waals surface area contributed by atoms with Crippen molar-refractivity contribution in [2.75, 3.05) is 27.2 Å². The van der Waals surface area contributed by atoms with E-state index in [1.54, 1.807) is 0 Å². The predicted molar refractivity (Wildman–Crippen MR) is 103 cm³/mol. The quantitative estimate of drug-likeness (QED) is 0.811. The van der Waals surface area contributed by atoms with Gasteiger partial charge in [-0.25, -0.2) is 0 Å². The topological polar surface area (TPSA) is 60.9 Å². The largest absolute Gasteiger partial charge is 0.481 e. The molecule has 2 rings (SSSR count). The molecule has 1 saturated heterocycles. The van der Waals surface area contributed by atoms with Crippen LogP contribution >= 0.6 is 0 Å². The zero-order chi connectivity index (χ0) is 19.3. The van der Waals surface area contributed by atoms with Gasteiger partial charge in [0.05, 0.1) is 0 Å². The zero-order valence-corrected chi connectivity index (χ0v) is 16.4. The highest BCUT2D eigenvalue weighted by atomic mass is 16.4. The Balaban J connectivity index is 2.05. The molecule has 26 heavy (non-hydrogen) atoms. The molecule has 5 heteroatoms. The summed E-state index contributed by atoms with van der Waals surface area (Å²) in [6.45, 7) is 5.72. The van der Waals surface area contributed by atoms with Gasteiger partial charge in [-0.15, -0.1) is 0 Å². The third kappa shape index (κ3) is 5.56. The zero-order valence-electron chi connectivity index (χ0n) is 16.4. The molecule has 1 N–H and O–H groups in total. The average Bonchev–Trinajstić information content (AvgIpc) is 2.59. The number of piperidine rings is 1. The number of likely N-dealkylation sites (tertiary alicyclic amines) is 1. The van der Waals surface area contributed by atoms with Gasteiger partial charge in [0.1, 0.15) is 0 Å². The fourth-order valence-electron chi connectivity index (χ4n) is 3.91. The number of hydrogen-bond acceptors (Lipinski definition) is 3. The van der Waals surface area contributed by atoms with E-state index in [1.165, 1.54) is 5.56 Å². The molecule has 0 spiro atoms. The first-order valence-electron chi connectivity index (χ1n) is 9.54. The molecule has 0 aromatic heterocycles. The van der Waals surface area contributed by atoms with E-state index in [2.05, 4.69) is 18.7 Å². The number of carboxylic acids is 1. The average molecular weight is 360 g/mol. The lowest BCUT2D eigenvalue weighted by atomic mass is 9.87. The van der Waals surface area contributed by atoms with Crippen molar-refractivity contribution in [2.45, 2.75) is 45.6 Å². The van der Waals surface area contributed by atoms with E-state index >= 15 is 0 Å². The summed E-state index contributed by atoms with van der Waals surface area (Å²) in [5.41, 5.74) is 1.97. The second kappa shape index (κ2) is 9.17. The van der Waals surface area contributed by atoms with Gasteiger partial charge < -0.3 is 14.9 Å². The van der Waals surface area contributed by atoms with Crippen molar-refractivity contribution in [1.29, 1.82) is 0 Å². The second-order valence-corrected chi connectivity index (χ2v) is 8.06. The van der Waals surface area contributed by atoms with Crippen LogP contribution in [0.15, 0.2) is 24.3 Å². The molecule has 0 aliphatic carbocycles. The molecule has 1 aromatic rings. The minimum Gasteiger partial charge on any atom is -0.481 e. The number of rotatable bonds is 7. The molecule has 2 unspecified atom stereocenters. The van der Waals surface area contributed by atoms with Crippen LogP contribution in [0, 0.1) is 11.8 Å². The molecule has 0 radical (unpaired) electrons. The first kappa shape index (κ1) is 20.4. The minimum atomic E-state index is -0.772. The molecule has 1 aromatic carbocycles. The first-order chi connectivity index (χ1) is 12.3. The van der Waals surface area contributed by atoms with E-state index in [0.717, 1.165) is 24.9 Å². The lowest BCUT2D eigenvalue weighted by Gasteiger charge is -2.41. The van der Waals surface area contributed by atoms with Gasteiger partial charge in [0.2, 0.25) is 0 Å². The highest BCUT2D eigenvalue weighted by Gasteiger charge is 2.33. The van der Waals surface area contributed by atoms with E-state index in [1.807, 2.05) is 43.3 Å². The van der Waals surface area contributed by atoms with Crippen molar-refractivity contribution < 1.29 is 14.7 Å². The predicted octanol–water partition coefficient (Wildman–Crippen LogP) is 3.14. The summed E-state index contributed by atoms with van der Waals surface area (Å²) in [5, 5.41) is 9.02. The summed E-state index contributed by atoms with van der Waals surface area (Å²) in [7, 11) is 4.06. The fraction of sp³-hybridized carbons (Fsp3) is 0.619. The van der Waals surface area contributed by atoms with Gasteiger partial charge >= 0.3 is 5.97 Å². The highest BCUT2D eigenvalue weighted by Crippen LogP contribution is 2.26. The lowest BCUT2D eigenvalue weighted by Crippen LogP contribution is -2.50. The molecule has 1 aliphatic rings.